The monoisotopic (exact) mass is 248 g/mol. The third-order valence-corrected chi connectivity index (χ3v) is 5.26. The summed E-state index contributed by atoms with van der Waals surface area (Å²) in [6.07, 6.45) is 1.96. The van der Waals surface area contributed by atoms with Gasteiger partial charge in [0.1, 0.15) is 0 Å². The van der Waals surface area contributed by atoms with Crippen LogP contribution in [0.25, 0.3) is 0 Å². The minimum Gasteiger partial charge on any atom is -0.362 e. The zero-order valence-electron chi connectivity index (χ0n) is 10.1. The maximum atomic E-state index is 10.8. The first-order valence-corrected chi connectivity index (χ1v) is 6.65. The van der Waals surface area contributed by atoms with E-state index < -0.39 is 11.3 Å². The normalized spacial score (nSPS) is 23.3. The molecule has 1 saturated heterocycles. The smallest absolute Gasteiger partial charge is 0.187 e. The Morgan fingerprint density at radius 1 is 1.33 bits per heavy atom. The van der Waals surface area contributed by atoms with Crippen LogP contribution in [-0.2, 0) is 0 Å². The van der Waals surface area contributed by atoms with E-state index in [9.17, 15) is 5.11 Å². The van der Waals surface area contributed by atoms with Gasteiger partial charge in [0.25, 0.3) is 0 Å². The van der Waals surface area contributed by atoms with Gasteiger partial charge in [-0.1, -0.05) is 12.2 Å². The molecule has 0 saturated carbocycles. The zero-order valence-corrected chi connectivity index (χ0v) is 11.7. The van der Waals surface area contributed by atoms with Gasteiger partial charge in [-0.25, -0.2) is 0 Å². The van der Waals surface area contributed by atoms with Gasteiger partial charge in [-0.15, -0.1) is 11.8 Å². The van der Waals surface area contributed by atoms with Gasteiger partial charge in [0.15, 0.2) is 5.85 Å². The predicted molar refractivity (Wildman–Crippen MR) is 70.1 cm³/mol. The lowest BCUT2D eigenvalue weighted by Crippen LogP contribution is -2.62. The average Bonchev–Trinajstić information content (AvgIpc) is 2.46. The molecule has 88 valence electrons. The number of rotatable bonds is 2. The third kappa shape index (κ3) is 1.85. The first-order valence-electron chi connectivity index (χ1n) is 5.01. The van der Waals surface area contributed by atoms with Crippen molar-refractivity contribution in [3.63, 3.8) is 0 Å². The van der Waals surface area contributed by atoms with Gasteiger partial charge >= 0.3 is 0 Å². The summed E-state index contributed by atoms with van der Waals surface area (Å²) in [5.41, 5.74) is -0.429. The maximum absolute atomic E-state index is 10.8. The van der Waals surface area contributed by atoms with Crippen LogP contribution >= 0.6 is 24.0 Å². The molecule has 0 aliphatic carbocycles. The highest BCUT2D eigenvalue weighted by molar-refractivity contribution is 8.22. The van der Waals surface area contributed by atoms with Crippen molar-refractivity contribution in [2.45, 2.75) is 19.7 Å². The Hall–Kier alpha value is 0.320. The molecule has 3 nitrogen and oxygen atoms in total. The van der Waals surface area contributed by atoms with E-state index in [0.29, 0.717) is 0 Å². The first-order chi connectivity index (χ1) is 6.78. The molecule has 1 rings (SSSR count). The highest BCUT2D eigenvalue weighted by Gasteiger charge is 2.54. The largest absolute Gasteiger partial charge is 0.362 e. The number of aliphatic hydroxyl groups is 1. The summed E-state index contributed by atoms with van der Waals surface area (Å²) in [4.78, 5) is 3.94. The number of thiocarbonyl (C=S) groups is 1. The fourth-order valence-corrected chi connectivity index (χ4v) is 3.03. The number of likely N-dealkylation sites (N-methyl/N-ethyl adjacent to an activating group) is 2. The van der Waals surface area contributed by atoms with Crippen LogP contribution in [0.5, 0.6) is 0 Å². The van der Waals surface area contributed by atoms with Crippen molar-refractivity contribution in [1.29, 1.82) is 0 Å². The molecule has 1 aliphatic rings. The number of hydrogen-bond donors (Lipinski definition) is 1. The standard InChI is InChI=1S/C10H20N2OS2/c1-9(2,8(14)15-5)10(13)11(3)6-7-12(10)4/h13H,6-7H2,1-5H3. The summed E-state index contributed by atoms with van der Waals surface area (Å²) >= 11 is 6.89. The molecule has 0 aromatic heterocycles. The first kappa shape index (κ1) is 13.4. The van der Waals surface area contributed by atoms with E-state index in [0.717, 1.165) is 17.3 Å². The second kappa shape index (κ2) is 4.30. The van der Waals surface area contributed by atoms with E-state index in [1.807, 2.05) is 44.0 Å². The molecule has 1 fully saturated rings. The lowest BCUT2D eigenvalue weighted by molar-refractivity contribution is -0.204. The Balaban J connectivity index is 3.07. The van der Waals surface area contributed by atoms with Crippen LogP contribution in [0.15, 0.2) is 0 Å². The highest BCUT2D eigenvalue weighted by Crippen LogP contribution is 2.42. The fraction of sp³-hybridized carbons (Fsp3) is 0.900. The van der Waals surface area contributed by atoms with Crippen molar-refractivity contribution >= 4 is 28.2 Å². The summed E-state index contributed by atoms with van der Waals surface area (Å²) in [5.74, 6) is -0.965. The Morgan fingerprint density at radius 3 is 2.07 bits per heavy atom. The summed E-state index contributed by atoms with van der Waals surface area (Å²) < 4.78 is 0.839. The van der Waals surface area contributed by atoms with E-state index in [2.05, 4.69) is 0 Å². The third-order valence-electron chi connectivity index (χ3n) is 3.37. The van der Waals surface area contributed by atoms with Crippen LogP contribution in [0.3, 0.4) is 0 Å². The molecule has 0 unspecified atom stereocenters. The summed E-state index contributed by atoms with van der Waals surface area (Å²) in [6, 6.07) is 0. The van der Waals surface area contributed by atoms with E-state index in [1.165, 1.54) is 11.8 Å². The van der Waals surface area contributed by atoms with Gasteiger partial charge in [0.2, 0.25) is 0 Å². The minimum atomic E-state index is -0.965. The van der Waals surface area contributed by atoms with Gasteiger partial charge in [0.05, 0.1) is 9.61 Å². The van der Waals surface area contributed by atoms with Crippen LogP contribution in [0, 0.1) is 5.41 Å². The minimum absolute atomic E-state index is 0.429. The summed E-state index contributed by atoms with van der Waals surface area (Å²) in [5, 5.41) is 10.8. The molecule has 0 radical (unpaired) electrons. The van der Waals surface area contributed by atoms with Crippen molar-refractivity contribution in [1.82, 2.24) is 9.80 Å². The Bertz CT molecular complexity index is 258. The molecule has 15 heavy (non-hydrogen) atoms. The average molecular weight is 248 g/mol. The second-order valence-electron chi connectivity index (χ2n) is 4.60. The zero-order chi connectivity index (χ0) is 11.9. The van der Waals surface area contributed by atoms with Crippen molar-refractivity contribution < 1.29 is 5.11 Å². The molecule has 0 amide bonds. The topological polar surface area (TPSA) is 26.7 Å². The van der Waals surface area contributed by atoms with Crippen molar-refractivity contribution in [3.05, 3.63) is 0 Å². The number of hydrogen-bond acceptors (Lipinski definition) is 5. The van der Waals surface area contributed by atoms with Crippen molar-refractivity contribution in [3.8, 4) is 0 Å². The van der Waals surface area contributed by atoms with Crippen LogP contribution in [0.1, 0.15) is 13.8 Å². The van der Waals surface area contributed by atoms with E-state index in [4.69, 9.17) is 12.2 Å². The van der Waals surface area contributed by atoms with Crippen LogP contribution in [0.2, 0.25) is 0 Å². The maximum Gasteiger partial charge on any atom is 0.187 e. The van der Waals surface area contributed by atoms with Gasteiger partial charge < -0.3 is 5.11 Å². The molecule has 5 heteroatoms. The number of thioether (sulfide) groups is 1. The Kier molecular flexibility index (Phi) is 3.83. The van der Waals surface area contributed by atoms with Crippen LogP contribution in [0.4, 0.5) is 0 Å². The molecule has 0 atom stereocenters. The van der Waals surface area contributed by atoms with Crippen molar-refractivity contribution in [2.24, 2.45) is 5.41 Å². The molecule has 1 N–H and O–H groups in total. The molecule has 1 aliphatic heterocycles. The Morgan fingerprint density at radius 2 is 1.73 bits per heavy atom. The second-order valence-corrected chi connectivity index (χ2v) is 6.08. The molecule has 0 aromatic rings. The molecule has 0 spiro atoms. The predicted octanol–water partition coefficient (Wildman–Crippen LogP) is 1.23. The molecular weight excluding hydrogens is 228 g/mol. The van der Waals surface area contributed by atoms with Crippen LogP contribution < -0.4 is 0 Å². The van der Waals surface area contributed by atoms with Crippen LogP contribution in [-0.4, -0.2) is 58.4 Å². The van der Waals surface area contributed by atoms with Crippen molar-refractivity contribution in [2.75, 3.05) is 33.4 Å². The van der Waals surface area contributed by atoms with Gasteiger partial charge in [-0.2, -0.15) is 0 Å². The quantitative estimate of drug-likeness (QED) is 0.742. The summed E-state index contributed by atoms with van der Waals surface area (Å²) in [6.45, 7) is 5.75. The molecule has 0 bridgehead atoms. The fourth-order valence-electron chi connectivity index (χ4n) is 2.25. The molecule has 0 aromatic carbocycles. The molecular formula is C10H20N2OS2. The van der Waals surface area contributed by atoms with E-state index in [1.54, 1.807) is 0 Å². The van der Waals surface area contributed by atoms with Gasteiger partial charge in [-0.3, -0.25) is 9.80 Å². The van der Waals surface area contributed by atoms with Gasteiger partial charge in [-0.05, 0) is 34.2 Å². The summed E-state index contributed by atoms with van der Waals surface area (Å²) in [7, 11) is 3.88. The van der Waals surface area contributed by atoms with E-state index >= 15 is 0 Å². The number of nitrogens with zero attached hydrogens (tertiary/aromatic N) is 2. The SMILES string of the molecule is CSC(=S)C(C)(C)C1(O)N(C)CCN1C. The van der Waals surface area contributed by atoms with Gasteiger partial charge in [0, 0.05) is 13.1 Å². The van der Waals surface area contributed by atoms with E-state index in [-0.39, 0.29) is 0 Å². The molecule has 1 heterocycles. The lowest BCUT2D eigenvalue weighted by Gasteiger charge is -2.47. The highest BCUT2D eigenvalue weighted by atomic mass is 32.2. The Labute approximate surface area is 102 Å². The lowest BCUT2D eigenvalue weighted by atomic mass is 9.87.